The predicted molar refractivity (Wildman–Crippen MR) is 62.4 cm³/mol. The van der Waals surface area contributed by atoms with Crippen molar-refractivity contribution in [1.82, 2.24) is 0 Å². The van der Waals surface area contributed by atoms with Crippen LogP contribution < -0.4 is 0 Å². The average molecular weight is 242 g/mol. The van der Waals surface area contributed by atoms with Crippen molar-refractivity contribution in [2.45, 2.75) is 25.8 Å². The summed E-state index contributed by atoms with van der Waals surface area (Å²) >= 11 is 5.73. The van der Waals surface area contributed by atoms with Gasteiger partial charge in [0.05, 0.1) is 5.02 Å². The van der Waals surface area contributed by atoms with E-state index in [0.717, 1.165) is 24.3 Å². The van der Waals surface area contributed by atoms with Gasteiger partial charge in [0.2, 0.25) is 0 Å². The van der Waals surface area contributed by atoms with Crippen LogP contribution in [-0.4, -0.2) is 12.5 Å². The van der Waals surface area contributed by atoms with Crippen LogP contribution in [0, 0.1) is 5.82 Å². The lowest BCUT2D eigenvalue weighted by molar-refractivity contribution is 0.311. The van der Waals surface area contributed by atoms with Gasteiger partial charge in [-0.15, -0.1) is 0 Å². The van der Waals surface area contributed by atoms with E-state index in [1.54, 1.807) is 12.1 Å². The van der Waals surface area contributed by atoms with Crippen molar-refractivity contribution in [1.29, 1.82) is 0 Å². The molecule has 0 aliphatic carbocycles. The predicted octanol–water partition coefficient (Wildman–Crippen LogP) is 3.75. The number of ether oxygens (including phenoxy) is 1. The first-order valence-corrected chi connectivity index (χ1v) is 5.73. The summed E-state index contributed by atoms with van der Waals surface area (Å²) in [6.07, 6.45) is 1.86. The molecule has 0 spiro atoms. The monoisotopic (exact) mass is 241 g/mol. The summed E-state index contributed by atoms with van der Waals surface area (Å²) in [7, 11) is 0. The molecular formula is C12H13ClFNO. The van der Waals surface area contributed by atoms with Gasteiger partial charge in [-0.2, -0.15) is 0 Å². The van der Waals surface area contributed by atoms with Crippen molar-refractivity contribution >= 4 is 17.5 Å². The van der Waals surface area contributed by atoms with Gasteiger partial charge in [0.1, 0.15) is 18.5 Å². The fourth-order valence-electron chi connectivity index (χ4n) is 1.66. The number of aliphatic imine (C=N–C) groups is 1. The summed E-state index contributed by atoms with van der Waals surface area (Å²) in [6.45, 7) is 2.60. The van der Waals surface area contributed by atoms with Crippen molar-refractivity contribution in [3.05, 3.63) is 34.6 Å². The number of benzene rings is 1. The second-order valence-corrected chi connectivity index (χ2v) is 4.18. The molecule has 0 N–H and O–H groups in total. The molecule has 0 bridgehead atoms. The number of hydrogen-bond donors (Lipinski definition) is 0. The van der Waals surface area contributed by atoms with Crippen LogP contribution in [0.2, 0.25) is 5.02 Å². The molecule has 0 radical (unpaired) electrons. The van der Waals surface area contributed by atoms with E-state index in [2.05, 4.69) is 11.9 Å². The third-order valence-electron chi connectivity index (χ3n) is 2.50. The highest BCUT2D eigenvalue weighted by Gasteiger charge is 2.20. The van der Waals surface area contributed by atoms with Crippen LogP contribution in [0.25, 0.3) is 0 Å². The second kappa shape index (κ2) is 4.83. The van der Waals surface area contributed by atoms with Gasteiger partial charge >= 0.3 is 0 Å². The van der Waals surface area contributed by atoms with Gasteiger partial charge in [-0.3, -0.25) is 0 Å². The number of rotatable bonds is 3. The lowest BCUT2D eigenvalue weighted by atomic mass is 10.1. The summed E-state index contributed by atoms with van der Waals surface area (Å²) in [5, 5.41) is 0.136. The van der Waals surface area contributed by atoms with Gasteiger partial charge < -0.3 is 4.74 Å². The van der Waals surface area contributed by atoms with E-state index in [9.17, 15) is 4.39 Å². The van der Waals surface area contributed by atoms with E-state index in [-0.39, 0.29) is 11.1 Å². The topological polar surface area (TPSA) is 21.6 Å². The molecule has 0 amide bonds. The van der Waals surface area contributed by atoms with Crippen molar-refractivity contribution in [2.75, 3.05) is 6.61 Å². The summed E-state index contributed by atoms with van der Waals surface area (Å²) in [6, 6.07) is 4.64. The Morgan fingerprint density at radius 1 is 1.56 bits per heavy atom. The zero-order chi connectivity index (χ0) is 11.5. The first-order chi connectivity index (χ1) is 7.70. The van der Waals surface area contributed by atoms with E-state index >= 15 is 0 Å². The maximum Gasteiger partial charge on any atom is 0.183 e. The molecule has 0 saturated carbocycles. The summed E-state index contributed by atoms with van der Waals surface area (Å²) in [5.41, 5.74) is 0.900. The molecule has 1 unspecified atom stereocenters. The Balaban J connectivity index is 2.16. The minimum atomic E-state index is -0.401. The SMILES string of the molecule is CCCC1=NC(c2ccc(F)c(Cl)c2)CO1. The normalized spacial score (nSPS) is 19.4. The number of halogens is 2. The zero-order valence-electron chi connectivity index (χ0n) is 9.04. The minimum absolute atomic E-state index is 0.0420. The summed E-state index contributed by atoms with van der Waals surface area (Å²) in [4.78, 5) is 4.43. The highest BCUT2D eigenvalue weighted by atomic mass is 35.5. The van der Waals surface area contributed by atoms with E-state index < -0.39 is 5.82 Å². The molecule has 1 aliphatic heterocycles. The van der Waals surface area contributed by atoms with Crippen LogP contribution in [0.5, 0.6) is 0 Å². The second-order valence-electron chi connectivity index (χ2n) is 3.77. The summed E-state index contributed by atoms with van der Waals surface area (Å²) < 4.78 is 18.4. The Labute approximate surface area is 99.1 Å². The van der Waals surface area contributed by atoms with Crippen LogP contribution in [-0.2, 0) is 4.74 Å². The molecule has 86 valence electrons. The standard InChI is InChI=1S/C12H13ClFNO/c1-2-3-12-15-11(7-16-12)8-4-5-10(14)9(13)6-8/h4-6,11H,2-3,7H2,1H3. The molecule has 1 heterocycles. The van der Waals surface area contributed by atoms with Crippen molar-refractivity contribution < 1.29 is 9.13 Å². The minimum Gasteiger partial charge on any atom is -0.478 e. The van der Waals surface area contributed by atoms with E-state index in [1.165, 1.54) is 6.07 Å². The van der Waals surface area contributed by atoms with Gasteiger partial charge in [0.15, 0.2) is 5.90 Å². The fraction of sp³-hybridized carbons (Fsp3) is 0.417. The first-order valence-electron chi connectivity index (χ1n) is 5.35. The molecule has 1 atom stereocenters. The van der Waals surface area contributed by atoms with Crippen molar-refractivity contribution in [3.8, 4) is 0 Å². The molecule has 2 rings (SSSR count). The average Bonchev–Trinajstić information content (AvgIpc) is 2.71. The van der Waals surface area contributed by atoms with Crippen LogP contribution in [0.4, 0.5) is 4.39 Å². The maximum atomic E-state index is 13.0. The Kier molecular flexibility index (Phi) is 3.44. The molecule has 0 aromatic heterocycles. The highest BCUT2D eigenvalue weighted by molar-refractivity contribution is 6.30. The Morgan fingerprint density at radius 2 is 2.38 bits per heavy atom. The van der Waals surface area contributed by atoms with Crippen LogP contribution in [0.3, 0.4) is 0 Å². The van der Waals surface area contributed by atoms with E-state index in [1.807, 2.05) is 0 Å². The third-order valence-corrected chi connectivity index (χ3v) is 2.79. The van der Waals surface area contributed by atoms with Gasteiger partial charge in [-0.25, -0.2) is 9.38 Å². The van der Waals surface area contributed by atoms with Crippen LogP contribution in [0.15, 0.2) is 23.2 Å². The molecule has 4 heteroatoms. The Hall–Kier alpha value is -1.09. The molecule has 1 aromatic rings. The number of hydrogen-bond acceptors (Lipinski definition) is 2. The molecular weight excluding hydrogens is 229 g/mol. The Bertz CT molecular complexity index is 419. The lowest BCUT2D eigenvalue weighted by Gasteiger charge is -2.05. The van der Waals surface area contributed by atoms with Crippen molar-refractivity contribution in [3.63, 3.8) is 0 Å². The van der Waals surface area contributed by atoms with Gasteiger partial charge in [-0.1, -0.05) is 24.6 Å². The molecule has 0 saturated heterocycles. The van der Waals surface area contributed by atoms with Gasteiger partial charge in [-0.05, 0) is 24.1 Å². The molecule has 2 nitrogen and oxygen atoms in total. The smallest absolute Gasteiger partial charge is 0.183 e. The number of nitrogens with zero attached hydrogens (tertiary/aromatic N) is 1. The molecule has 1 aromatic carbocycles. The molecule has 16 heavy (non-hydrogen) atoms. The zero-order valence-corrected chi connectivity index (χ0v) is 9.80. The van der Waals surface area contributed by atoms with Crippen LogP contribution in [0.1, 0.15) is 31.4 Å². The maximum absolute atomic E-state index is 13.0. The van der Waals surface area contributed by atoms with Gasteiger partial charge in [0, 0.05) is 6.42 Å². The molecule has 1 aliphatic rings. The lowest BCUT2D eigenvalue weighted by Crippen LogP contribution is -1.99. The quantitative estimate of drug-likeness (QED) is 0.790. The fourth-order valence-corrected chi connectivity index (χ4v) is 1.85. The van der Waals surface area contributed by atoms with E-state index in [0.29, 0.717) is 6.61 Å². The highest BCUT2D eigenvalue weighted by Crippen LogP contribution is 2.27. The van der Waals surface area contributed by atoms with Gasteiger partial charge in [0.25, 0.3) is 0 Å². The molecule has 0 fully saturated rings. The van der Waals surface area contributed by atoms with Crippen LogP contribution >= 0.6 is 11.6 Å². The van der Waals surface area contributed by atoms with E-state index in [4.69, 9.17) is 16.3 Å². The largest absolute Gasteiger partial charge is 0.478 e. The summed E-state index contributed by atoms with van der Waals surface area (Å²) in [5.74, 6) is 0.384. The Morgan fingerprint density at radius 3 is 3.06 bits per heavy atom. The first kappa shape index (κ1) is 11.4. The van der Waals surface area contributed by atoms with Crippen molar-refractivity contribution in [2.24, 2.45) is 4.99 Å². The third kappa shape index (κ3) is 2.35.